The maximum absolute atomic E-state index is 12.1. The first kappa shape index (κ1) is 14.0. The Bertz CT molecular complexity index is 456. The van der Waals surface area contributed by atoms with E-state index in [1.165, 1.54) is 0 Å². The smallest absolute Gasteiger partial charge is 0.253 e. The van der Waals surface area contributed by atoms with Gasteiger partial charge in [-0.15, -0.1) is 0 Å². The van der Waals surface area contributed by atoms with Crippen LogP contribution in [0.1, 0.15) is 23.7 Å². The highest BCUT2D eigenvalue weighted by molar-refractivity contribution is 9.10. The normalized spacial score (nSPS) is 9.76. The molecule has 0 aliphatic carbocycles. The van der Waals surface area contributed by atoms with Gasteiger partial charge in [-0.3, -0.25) is 4.79 Å². The van der Waals surface area contributed by atoms with Crippen LogP contribution in [0.3, 0.4) is 0 Å². The predicted octanol–water partition coefficient (Wildman–Crippen LogP) is 3.48. The summed E-state index contributed by atoms with van der Waals surface area (Å²) in [5.74, 6) is -0.0999. The molecule has 1 aromatic rings. The van der Waals surface area contributed by atoms with Crippen LogP contribution < -0.4 is 0 Å². The van der Waals surface area contributed by atoms with Crippen LogP contribution >= 0.6 is 27.5 Å². The average Bonchev–Trinajstić information content (AvgIpc) is 2.33. The van der Waals surface area contributed by atoms with Crippen LogP contribution in [-0.2, 0) is 0 Å². The SMILES string of the molecule is CCN(CCC#N)C(=O)c1ccc(Br)c(Cl)c1. The highest BCUT2D eigenvalue weighted by Gasteiger charge is 2.14. The molecule has 5 heteroatoms. The number of benzene rings is 1. The van der Waals surface area contributed by atoms with Crippen molar-refractivity contribution in [3.05, 3.63) is 33.3 Å². The monoisotopic (exact) mass is 314 g/mol. The molecule has 0 atom stereocenters. The van der Waals surface area contributed by atoms with Gasteiger partial charge in [-0.05, 0) is 41.1 Å². The van der Waals surface area contributed by atoms with Crippen molar-refractivity contribution < 1.29 is 4.79 Å². The van der Waals surface area contributed by atoms with Crippen molar-refractivity contribution in [3.63, 3.8) is 0 Å². The molecule has 0 saturated heterocycles. The van der Waals surface area contributed by atoms with E-state index in [0.29, 0.717) is 30.1 Å². The molecule has 0 aliphatic rings. The quantitative estimate of drug-likeness (QED) is 0.854. The van der Waals surface area contributed by atoms with Crippen LogP contribution in [0.4, 0.5) is 0 Å². The van der Waals surface area contributed by atoms with Gasteiger partial charge in [0.1, 0.15) is 0 Å². The van der Waals surface area contributed by atoms with Crippen LogP contribution in [0.15, 0.2) is 22.7 Å². The molecule has 1 aromatic carbocycles. The lowest BCUT2D eigenvalue weighted by Crippen LogP contribution is -2.31. The van der Waals surface area contributed by atoms with Gasteiger partial charge in [0.05, 0.1) is 17.5 Å². The summed E-state index contributed by atoms with van der Waals surface area (Å²) in [5.41, 5.74) is 0.540. The summed E-state index contributed by atoms with van der Waals surface area (Å²) in [4.78, 5) is 13.7. The standard InChI is InChI=1S/C12H12BrClN2O/c1-2-16(7-3-6-15)12(17)9-4-5-10(13)11(14)8-9/h4-5,8H,2-3,7H2,1H3. The Morgan fingerprint density at radius 1 is 1.59 bits per heavy atom. The zero-order chi connectivity index (χ0) is 12.8. The molecule has 0 aliphatic heterocycles. The third-order valence-corrected chi connectivity index (χ3v) is 3.56. The number of nitrogens with zero attached hydrogens (tertiary/aromatic N) is 2. The number of carbonyl (C=O) groups is 1. The minimum absolute atomic E-state index is 0.0999. The van der Waals surface area contributed by atoms with Gasteiger partial charge in [0.15, 0.2) is 0 Å². The molecule has 1 rings (SSSR count). The molecule has 0 radical (unpaired) electrons. The van der Waals surface area contributed by atoms with E-state index < -0.39 is 0 Å². The van der Waals surface area contributed by atoms with Crippen molar-refractivity contribution in [2.24, 2.45) is 0 Å². The summed E-state index contributed by atoms with van der Waals surface area (Å²) in [7, 11) is 0. The fourth-order valence-corrected chi connectivity index (χ4v) is 1.83. The molecule has 0 saturated carbocycles. The van der Waals surface area contributed by atoms with Gasteiger partial charge in [-0.25, -0.2) is 0 Å². The lowest BCUT2D eigenvalue weighted by molar-refractivity contribution is 0.0768. The van der Waals surface area contributed by atoms with Gasteiger partial charge in [-0.1, -0.05) is 11.6 Å². The lowest BCUT2D eigenvalue weighted by atomic mass is 10.2. The second kappa shape index (κ2) is 6.63. The maximum atomic E-state index is 12.1. The highest BCUT2D eigenvalue weighted by atomic mass is 79.9. The van der Waals surface area contributed by atoms with Gasteiger partial charge < -0.3 is 4.90 Å². The molecule has 90 valence electrons. The Hall–Kier alpha value is -1.05. The van der Waals surface area contributed by atoms with Crippen LogP contribution in [0.2, 0.25) is 5.02 Å². The molecule has 17 heavy (non-hydrogen) atoms. The average molecular weight is 316 g/mol. The summed E-state index contributed by atoms with van der Waals surface area (Å²) in [5, 5.41) is 9.03. The Labute approximate surface area is 114 Å². The largest absolute Gasteiger partial charge is 0.338 e. The first-order valence-corrected chi connectivity index (χ1v) is 6.38. The summed E-state index contributed by atoms with van der Waals surface area (Å²) in [6, 6.07) is 7.12. The Balaban J connectivity index is 2.86. The van der Waals surface area contributed by atoms with E-state index >= 15 is 0 Å². The molecule has 0 aromatic heterocycles. The molecular weight excluding hydrogens is 304 g/mol. The topological polar surface area (TPSA) is 44.1 Å². The molecule has 0 unspecified atom stereocenters. The van der Waals surface area contributed by atoms with E-state index in [2.05, 4.69) is 15.9 Å². The summed E-state index contributed by atoms with van der Waals surface area (Å²) in [6.07, 6.45) is 0.337. The molecular formula is C12H12BrClN2O. The van der Waals surface area contributed by atoms with E-state index in [9.17, 15) is 4.79 Å². The van der Waals surface area contributed by atoms with Gasteiger partial charge in [0, 0.05) is 23.1 Å². The summed E-state index contributed by atoms with van der Waals surface area (Å²) in [6.45, 7) is 2.91. The van der Waals surface area contributed by atoms with Crippen molar-refractivity contribution in [3.8, 4) is 6.07 Å². The Morgan fingerprint density at radius 3 is 2.82 bits per heavy atom. The number of hydrogen-bond acceptors (Lipinski definition) is 2. The molecule has 1 amide bonds. The van der Waals surface area contributed by atoms with Crippen molar-refractivity contribution in [1.82, 2.24) is 4.90 Å². The van der Waals surface area contributed by atoms with Crippen LogP contribution in [-0.4, -0.2) is 23.9 Å². The fourth-order valence-electron chi connectivity index (χ4n) is 1.40. The molecule has 0 heterocycles. The van der Waals surface area contributed by atoms with E-state index in [0.717, 1.165) is 4.47 Å². The maximum Gasteiger partial charge on any atom is 0.253 e. The van der Waals surface area contributed by atoms with Crippen LogP contribution in [0.25, 0.3) is 0 Å². The summed E-state index contributed by atoms with van der Waals surface area (Å²) >= 11 is 9.21. The zero-order valence-corrected chi connectivity index (χ0v) is 11.8. The number of carbonyl (C=O) groups excluding carboxylic acids is 1. The van der Waals surface area contributed by atoms with E-state index in [1.807, 2.05) is 13.0 Å². The molecule has 0 bridgehead atoms. The molecule has 0 N–H and O–H groups in total. The van der Waals surface area contributed by atoms with Gasteiger partial charge in [0.25, 0.3) is 5.91 Å². The van der Waals surface area contributed by atoms with Gasteiger partial charge in [0.2, 0.25) is 0 Å². The third kappa shape index (κ3) is 3.72. The number of rotatable bonds is 4. The molecule has 0 fully saturated rings. The Kier molecular flexibility index (Phi) is 5.46. The number of amides is 1. The number of hydrogen-bond donors (Lipinski definition) is 0. The minimum Gasteiger partial charge on any atom is -0.338 e. The number of nitriles is 1. The van der Waals surface area contributed by atoms with Crippen molar-refractivity contribution in [2.75, 3.05) is 13.1 Å². The van der Waals surface area contributed by atoms with E-state index in [4.69, 9.17) is 16.9 Å². The zero-order valence-electron chi connectivity index (χ0n) is 9.41. The second-order valence-electron chi connectivity index (χ2n) is 3.42. The second-order valence-corrected chi connectivity index (χ2v) is 4.68. The third-order valence-electron chi connectivity index (χ3n) is 2.33. The number of halogens is 2. The highest BCUT2D eigenvalue weighted by Crippen LogP contribution is 2.23. The van der Waals surface area contributed by atoms with Crippen LogP contribution in [0, 0.1) is 11.3 Å². The van der Waals surface area contributed by atoms with E-state index in [-0.39, 0.29) is 5.91 Å². The van der Waals surface area contributed by atoms with Crippen molar-refractivity contribution >= 4 is 33.4 Å². The van der Waals surface area contributed by atoms with Crippen molar-refractivity contribution in [1.29, 1.82) is 5.26 Å². The van der Waals surface area contributed by atoms with Crippen molar-refractivity contribution in [2.45, 2.75) is 13.3 Å². The van der Waals surface area contributed by atoms with Gasteiger partial charge >= 0.3 is 0 Å². The first-order chi connectivity index (χ1) is 8.10. The molecule has 0 spiro atoms. The van der Waals surface area contributed by atoms with Crippen LogP contribution in [0.5, 0.6) is 0 Å². The van der Waals surface area contributed by atoms with Gasteiger partial charge in [-0.2, -0.15) is 5.26 Å². The fraction of sp³-hybridized carbons (Fsp3) is 0.333. The first-order valence-electron chi connectivity index (χ1n) is 5.21. The minimum atomic E-state index is -0.0999. The lowest BCUT2D eigenvalue weighted by Gasteiger charge is -2.19. The van der Waals surface area contributed by atoms with E-state index in [1.54, 1.807) is 23.1 Å². The summed E-state index contributed by atoms with van der Waals surface area (Å²) < 4.78 is 0.760. The predicted molar refractivity (Wildman–Crippen MR) is 71.0 cm³/mol. The Morgan fingerprint density at radius 2 is 2.29 bits per heavy atom. The molecule has 3 nitrogen and oxygen atoms in total.